The summed E-state index contributed by atoms with van der Waals surface area (Å²) in [6.07, 6.45) is 6.28. The van der Waals surface area contributed by atoms with Crippen molar-refractivity contribution in [3.63, 3.8) is 0 Å². The standard InChI is InChI=1S/C15H18N4O3/c20-14(4-5-15(21)22)18-9-2-1-3-12(18)11-7-10-19-13(17-11)6-8-16-19/h6-8,10,12H,1-5,9H2,(H,21,22)/t12-/m0/s1. The molecule has 22 heavy (non-hydrogen) atoms. The summed E-state index contributed by atoms with van der Waals surface area (Å²) in [6.45, 7) is 0.662. The minimum Gasteiger partial charge on any atom is -0.481 e. The molecular weight excluding hydrogens is 284 g/mol. The van der Waals surface area contributed by atoms with Crippen molar-refractivity contribution in [3.8, 4) is 0 Å². The van der Waals surface area contributed by atoms with E-state index in [0.717, 1.165) is 30.6 Å². The molecule has 0 saturated carbocycles. The first-order valence-corrected chi connectivity index (χ1v) is 7.47. The fourth-order valence-corrected chi connectivity index (χ4v) is 2.91. The number of carbonyl (C=O) groups excluding carboxylic acids is 1. The summed E-state index contributed by atoms with van der Waals surface area (Å²) < 4.78 is 1.68. The molecule has 2 aromatic heterocycles. The molecular formula is C15H18N4O3. The van der Waals surface area contributed by atoms with E-state index in [2.05, 4.69) is 10.1 Å². The Morgan fingerprint density at radius 1 is 1.27 bits per heavy atom. The van der Waals surface area contributed by atoms with Gasteiger partial charge in [-0.2, -0.15) is 5.10 Å². The number of carbonyl (C=O) groups is 2. The molecule has 1 fully saturated rings. The molecule has 7 heteroatoms. The van der Waals surface area contributed by atoms with E-state index in [1.165, 1.54) is 0 Å². The van der Waals surface area contributed by atoms with Gasteiger partial charge in [0.1, 0.15) is 0 Å². The third-order valence-corrected chi connectivity index (χ3v) is 4.00. The first kappa shape index (κ1) is 14.5. The average Bonchev–Trinajstić information content (AvgIpc) is 3.00. The van der Waals surface area contributed by atoms with Crippen molar-refractivity contribution in [1.82, 2.24) is 19.5 Å². The number of rotatable bonds is 4. The van der Waals surface area contributed by atoms with Gasteiger partial charge in [0, 0.05) is 25.2 Å². The van der Waals surface area contributed by atoms with Crippen LogP contribution in [0.4, 0.5) is 0 Å². The Kier molecular flexibility index (Phi) is 4.04. The molecule has 0 radical (unpaired) electrons. The van der Waals surface area contributed by atoms with Gasteiger partial charge in [-0.25, -0.2) is 9.50 Å². The maximum absolute atomic E-state index is 12.3. The Balaban J connectivity index is 1.82. The number of aliphatic carboxylic acids is 1. The molecule has 0 bridgehead atoms. The Morgan fingerprint density at radius 2 is 2.14 bits per heavy atom. The lowest BCUT2D eigenvalue weighted by atomic mass is 9.98. The van der Waals surface area contributed by atoms with Crippen LogP contribution in [0.2, 0.25) is 0 Å². The van der Waals surface area contributed by atoms with Gasteiger partial charge in [0.05, 0.1) is 24.4 Å². The van der Waals surface area contributed by atoms with Crippen molar-refractivity contribution in [2.45, 2.75) is 38.1 Å². The van der Waals surface area contributed by atoms with Gasteiger partial charge in [0.25, 0.3) is 0 Å². The predicted molar refractivity (Wildman–Crippen MR) is 78.2 cm³/mol. The Morgan fingerprint density at radius 3 is 2.95 bits per heavy atom. The van der Waals surface area contributed by atoms with Gasteiger partial charge in [-0.05, 0) is 25.3 Å². The van der Waals surface area contributed by atoms with Crippen molar-refractivity contribution in [3.05, 3.63) is 30.2 Å². The van der Waals surface area contributed by atoms with Crippen LogP contribution in [0.15, 0.2) is 24.5 Å². The number of nitrogens with zero attached hydrogens (tertiary/aromatic N) is 4. The molecule has 1 aliphatic rings. The van der Waals surface area contributed by atoms with Crippen LogP contribution in [0, 0.1) is 0 Å². The number of carboxylic acids is 1. The first-order chi connectivity index (χ1) is 10.6. The van der Waals surface area contributed by atoms with E-state index in [1.807, 2.05) is 18.3 Å². The summed E-state index contributed by atoms with van der Waals surface area (Å²) in [5.74, 6) is -1.05. The molecule has 3 heterocycles. The van der Waals surface area contributed by atoms with E-state index >= 15 is 0 Å². The van der Waals surface area contributed by atoms with Crippen LogP contribution in [-0.4, -0.2) is 43.0 Å². The summed E-state index contributed by atoms with van der Waals surface area (Å²) in [4.78, 5) is 29.3. The number of piperidine rings is 1. The molecule has 1 aliphatic heterocycles. The van der Waals surface area contributed by atoms with Crippen LogP contribution in [0.1, 0.15) is 43.8 Å². The minimum atomic E-state index is -0.944. The molecule has 0 spiro atoms. The van der Waals surface area contributed by atoms with Gasteiger partial charge in [-0.3, -0.25) is 9.59 Å². The lowest BCUT2D eigenvalue weighted by Gasteiger charge is -2.35. The van der Waals surface area contributed by atoms with Crippen molar-refractivity contribution in [2.75, 3.05) is 6.54 Å². The monoisotopic (exact) mass is 302 g/mol. The lowest BCUT2D eigenvalue weighted by Crippen LogP contribution is -2.39. The average molecular weight is 302 g/mol. The van der Waals surface area contributed by atoms with E-state index in [4.69, 9.17) is 5.11 Å². The third kappa shape index (κ3) is 2.93. The lowest BCUT2D eigenvalue weighted by molar-refractivity contribution is -0.142. The first-order valence-electron chi connectivity index (χ1n) is 7.47. The molecule has 2 aromatic rings. The van der Waals surface area contributed by atoms with E-state index < -0.39 is 5.97 Å². The maximum atomic E-state index is 12.3. The Hall–Kier alpha value is -2.44. The molecule has 1 saturated heterocycles. The van der Waals surface area contributed by atoms with Gasteiger partial charge in [0.15, 0.2) is 5.65 Å². The van der Waals surface area contributed by atoms with Crippen molar-refractivity contribution in [1.29, 1.82) is 0 Å². The number of aromatic nitrogens is 3. The van der Waals surface area contributed by atoms with Crippen molar-refractivity contribution in [2.24, 2.45) is 0 Å². The molecule has 0 aliphatic carbocycles. The number of hydrogen-bond donors (Lipinski definition) is 1. The summed E-state index contributed by atoms with van der Waals surface area (Å²) in [7, 11) is 0. The fourth-order valence-electron chi connectivity index (χ4n) is 2.91. The quantitative estimate of drug-likeness (QED) is 0.927. The normalized spacial score (nSPS) is 18.5. The van der Waals surface area contributed by atoms with Gasteiger partial charge in [-0.1, -0.05) is 0 Å². The van der Waals surface area contributed by atoms with E-state index in [1.54, 1.807) is 15.6 Å². The highest BCUT2D eigenvalue weighted by atomic mass is 16.4. The molecule has 3 rings (SSSR count). The second-order valence-electron chi connectivity index (χ2n) is 5.48. The number of hydrogen-bond acceptors (Lipinski definition) is 4. The van der Waals surface area contributed by atoms with Gasteiger partial charge < -0.3 is 10.0 Å². The highest BCUT2D eigenvalue weighted by molar-refractivity contribution is 5.81. The zero-order valence-corrected chi connectivity index (χ0v) is 12.2. The van der Waals surface area contributed by atoms with Gasteiger partial charge in [-0.15, -0.1) is 0 Å². The topological polar surface area (TPSA) is 87.8 Å². The number of amides is 1. The maximum Gasteiger partial charge on any atom is 0.303 e. The van der Waals surface area contributed by atoms with Gasteiger partial charge >= 0.3 is 5.97 Å². The summed E-state index contributed by atoms with van der Waals surface area (Å²) in [5.41, 5.74) is 1.59. The van der Waals surface area contributed by atoms with Gasteiger partial charge in [0.2, 0.25) is 5.91 Å². The molecule has 7 nitrogen and oxygen atoms in total. The second-order valence-corrected chi connectivity index (χ2v) is 5.48. The smallest absolute Gasteiger partial charge is 0.303 e. The van der Waals surface area contributed by atoms with Crippen LogP contribution >= 0.6 is 0 Å². The van der Waals surface area contributed by atoms with Crippen LogP contribution in [0.3, 0.4) is 0 Å². The molecule has 1 atom stereocenters. The predicted octanol–water partition coefficient (Wildman–Crippen LogP) is 1.65. The molecule has 0 unspecified atom stereocenters. The van der Waals surface area contributed by atoms with Crippen LogP contribution in [0.25, 0.3) is 5.65 Å². The fraction of sp³-hybridized carbons (Fsp3) is 0.467. The summed E-state index contributed by atoms with van der Waals surface area (Å²) in [6, 6.07) is 3.63. The van der Waals surface area contributed by atoms with E-state index in [0.29, 0.717) is 6.54 Å². The largest absolute Gasteiger partial charge is 0.481 e. The molecule has 1 amide bonds. The summed E-state index contributed by atoms with van der Waals surface area (Å²) in [5, 5.41) is 12.9. The summed E-state index contributed by atoms with van der Waals surface area (Å²) >= 11 is 0. The molecule has 0 aromatic carbocycles. The number of fused-ring (bicyclic) bond motifs is 1. The number of carboxylic acid groups (broad SMARTS) is 1. The van der Waals surface area contributed by atoms with Crippen LogP contribution < -0.4 is 0 Å². The van der Waals surface area contributed by atoms with E-state index in [-0.39, 0.29) is 24.8 Å². The highest BCUT2D eigenvalue weighted by Gasteiger charge is 2.29. The van der Waals surface area contributed by atoms with Crippen molar-refractivity contribution >= 4 is 17.5 Å². The van der Waals surface area contributed by atoms with Crippen molar-refractivity contribution < 1.29 is 14.7 Å². The zero-order valence-electron chi connectivity index (χ0n) is 12.2. The molecule has 116 valence electrons. The third-order valence-electron chi connectivity index (χ3n) is 4.00. The Labute approximate surface area is 127 Å². The highest BCUT2D eigenvalue weighted by Crippen LogP contribution is 2.30. The van der Waals surface area contributed by atoms with Crippen LogP contribution in [-0.2, 0) is 9.59 Å². The Bertz CT molecular complexity index is 697. The SMILES string of the molecule is O=C(O)CCC(=O)N1CCCC[C@H]1c1ccn2nccc2n1. The molecule has 1 N–H and O–H groups in total. The number of likely N-dealkylation sites (tertiary alicyclic amines) is 1. The minimum absolute atomic E-state index is 0.0424. The second kappa shape index (κ2) is 6.13. The van der Waals surface area contributed by atoms with Crippen LogP contribution in [0.5, 0.6) is 0 Å². The van der Waals surface area contributed by atoms with E-state index in [9.17, 15) is 9.59 Å². The zero-order chi connectivity index (χ0) is 15.5.